The molecule has 1 aliphatic carbocycles. The molecule has 160 valence electrons. The van der Waals surface area contributed by atoms with Gasteiger partial charge < -0.3 is 9.80 Å². The number of benzene rings is 1. The molecule has 1 aromatic carbocycles. The zero-order chi connectivity index (χ0) is 21.1. The predicted molar refractivity (Wildman–Crippen MR) is 120 cm³/mol. The number of Topliss-reactive ketones (excluding diaryl/α,β-unsaturated/α-hetero) is 1. The molecule has 4 rings (SSSR count). The SMILES string of the molecule is CN(C(=O)CN1CCN(c2nccs2)CC1)C1(c2ccccc2Cl)CCCCC1=O. The van der Waals surface area contributed by atoms with E-state index in [1.165, 1.54) is 0 Å². The average Bonchev–Trinajstić information content (AvgIpc) is 3.30. The highest BCUT2D eigenvalue weighted by atomic mass is 35.5. The molecule has 1 amide bonds. The van der Waals surface area contributed by atoms with Crippen molar-refractivity contribution in [3.8, 4) is 0 Å². The Balaban J connectivity index is 1.48. The standard InChI is InChI=1S/C22H27ClN4O2S/c1-25(20(29)16-26-11-13-27(14-12-26)21-24-10-15-30-21)22(9-5-4-8-19(22)28)17-6-2-3-7-18(17)23/h2-3,6-7,10,15H,4-5,8-9,11-14,16H2,1H3. The summed E-state index contributed by atoms with van der Waals surface area (Å²) >= 11 is 8.14. The fraction of sp³-hybridized carbons (Fsp3) is 0.500. The molecule has 8 heteroatoms. The number of carbonyl (C=O) groups excluding carboxylic acids is 2. The number of thiazole rings is 1. The van der Waals surface area contributed by atoms with Gasteiger partial charge >= 0.3 is 0 Å². The number of anilines is 1. The fourth-order valence-corrected chi connectivity index (χ4v) is 5.60. The maximum atomic E-state index is 13.3. The van der Waals surface area contributed by atoms with Crippen LogP contribution in [0, 0.1) is 0 Å². The van der Waals surface area contributed by atoms with Crippen molar-refractivity contribution in [3.05, 3.63) is 46.4 Å². The van der Waals surface area contributed by atoms with Crippen LogP contribution in [-0.4, -0.2) is 66.2 Å². The van der Waals surface area contributed by atoms with Crippen molar-refractivity contribution in [1.29, 1.82) is 0 Å². The van der Waals surface area contributed by atoms with Crippen LogP contribution in [0.4, 0.5) is 5.13 Å². The van der Waals surface area contributed by atoms with Crippen LogP contribution in [-0.2, 0) is 15.1 Å². The van der Waals surface area contributed by atoms with Gasteiger partial charge in [0.15, 0.2) is 10.9 Å². The first-order valence-corrected chi connectivity index (χ1v) is 11.7. The third-order valence-electron chi connectivity index (χ3n) is 6.34. The monoisotopic (exact) mass is 446 g/mol. The van der Waals surface area contributed by atoms with Crippen LogP contribution in [0.5, 0.6) is 0 Å². The topological polar surface area (TPSA) is 56.8 Å². The van der Waals surface area contributed by atoms with Crippen LogP contribution in [0.25, 0.3) is 0 Å². The lowest BCUT2D eigenvalue weighted by Gasteiger charge is -2.45. The number of rotatable bonds is 5. The summed E-state index contributed by atoms with van der Waals surface area (Å²) in [4.78, 5) is 37.0. The maximum absolute atomic E-state index is 13.3. The van der Waals surface area contributed by atoms with E-state index in [1.54, 1.807) is 29.4 Å². The molecule has 2 heterocycles. The van der Waals surface area contributed by atoms with Crippen molar-refractivity contribution >= 4 is 39.8 Å². The first-order valence-electron chi connectivity index (χ1n) is 10.4. The molecule has 1 saturated carbocycles. The Morgan fingerprint density at radius 3 is 2.67 bits per heavy atom. The van der Waals surface area contributed by atoms with Gasteiger partial charge in [-0.1, -0.05) is 29.8 Å². The largest absolute Gasteiger partial charge is 0.346 e. The maximum Gasteiger partial charge on any atom is 0.237 e. The summed E-state index contributed by atoms with van der Waals surface area (Å²) in [6, 6.07) is 7.44. The lowest BCUT2D eigenvalue weighted by molar-refractivity contribution is -0.148. The summed E-state index contributed by atoms with van der Waals surface area (Å²) in [6.45, 7) is 3.60. The summed E-state index contributed by atoms with van der Waals surface area (Å²) in [7, 11) is 1.76. The molecule has 1 aliphatic heterocycles. The molecule has 1 aromatic heterocycles. The second kappa shape index (κ2) is 9.04. The Morgan fingerprint density at radius 2 is 2.00 bits per heavy atom. The number of piperazine rings is 1. The lowest BCUT2D eigenvalue weighted by Crippen LogP contribution is -2.57. The molecule has 0 spiro atoms. The number of carbonyl (C=O) groups is 2. The minimum absolute atomic E-state index is 0.0344. The van der Waals surface area contributed by atoms with Gasteiger partial charge in [0, 0.05) is 61.8 Å². The highest BCUT2D eigenvalue weighted by Crippen LogP contribution is 2.42. The molecule has 0 N–H and O–H groups in total. The molecule has 1 saturated heterocycles. The molecule has 2 aromatic rings. The zero-order valence-corrected chi connectivity index (χ0v) is 18.8. The summed E-state index contributed by atoms with van der Waals surface area (Å²) in [5.74, 6) is 0.0548. The molecule has 2 fully saturated rings. The first-order chi connectivity index (χ1) is 14.5. The van der Waals surface area contributed by atoms with Gasteiger partial charge in [0.05, 0.1) is 6.54 Å². The zero-order valence-electron chi connectivity index (χ0n) is 17.2. The Hall–Kier alpha value is -1.96. The number of nitrogens with zero attached hydrogens (tertiary/aromatic N) is 4. The molecular weight excluding hydrogens is 420 g/mol. The highest BCUT2D eigenvalue weighted by Gasteiger charge is 2.48. The van der Waals surface area contributed by atoms with Crippen molar-refractivity contribution in [1.82, 2.24) is 14.8 Å². The van der Waals surface area contributed by atoms with Crippen molar-refractivity contribution in [2.24, 2.45) is 0 Å². The van der Waals surface area contributed by atoms with E-state index in [9.17, 15) is 9.59 Å². The van der Waals surface area contributed by atoms with Crippen molar-refractivity contribution in [2.75, 3.05) is 44.7 Å². The van der Waals surface area contributed by atoms with Gasteiger partial charge in [-0.25, -0.2) is 4.98 Å². The highest BCUT2D eigenvalue weighted by molar-refractivity contribution is 7.13. The lowest BCUT2D eigenvalue weighted by atomic mass is 9.74. The van der Waals surface area contributed by atoms with E-state index in [2.05, 4.69) is 14.8 Å². The number of likely N-dealkylation sites (N-methyl/N-ethyl adjacent to an activating group) is 1. The molecule has 2 aliphatic rings. The van der Waals surface area contributed by atoms with Gasteiger partial charge in [-0.05, 0) is 25.3 Å². The minimum Gasteiger partial charge on any atom is -0.346 e. The van der Waals surface area contributed by atoms with Crippen LogP contribution in [0.15, 0.2) is 35.8 Å². The van der Waals surface area contributed by atoms with Gasteiger partial charge in [0.2, 0.25) is 5.91 Å². The smallest absolute Gasteiger partial charge is 0.237 e. The van der Waals surface area contributed by atoms with E-state index in [0.717, 1.165) is 49.7 Å². The third-order valence-corrected chi connectivity index (χ3v) is 7.50. The van der Waals surface area contributed by atoms with E-state index in [-0.39, 0.29) is 11.7 Å². The number of ketones is 1. The van der Waals surface area contributed by atoms with Gasteiger partial charge in [-0.2, -0.15) is 0 Å². The number of hydrogen-bond donors (Lipinski definition) is 0. The van der Waals surface area contributed by atoms with Crippen LogP contribution < -0.4 is 4.90 Å². The number of halogens is 1. The van der Waals surface area contributed by atoms with Crippen LogP contribution in [0.3, 0.4) is 0 Å². The normalized spacial score (nSPS) is 22.9. The second-order valence-corrected chi connectivity index (χ2v) is 9.28. The summed E-state index contributed by atoms with van der Waals surface area (Å²) in [5.41, 5.74) is -0.211. The molecular formula is C22H27ClN4O2S. The minimum atomic E-state index is -0.962. The summed E-state index contributed by atoms with van der Waals surface area (Å²) in [5, 5.41) is 3.56. The van der Waals surface area contributed by atoms with Crippen LogP contribution in [0.1, 0.15) is 31.2 Å². The van der Waals surface area contributed by atoms with E-state index in [0.29, 0.717) is 24.4 Å². The van der Waals surface area contributed by atoms with Crippen molar-refractivity contribution in [2.45, 2.75) is 31.2 Å². The number of hydrogen-bond acceptors (Lipinski definition) is 6. The Bertz CT molecular complexity index is 898. The Kier molecular flexibility index (Phi) is 6.41. The molecule has 30 heavy (non-hydrogen) atoms. The molecule has 1 unspecified atom stereocenters. The number of aromatic nitrogens is 1. The molecule has 1 atom stereocenters. The van der Waals surface area contributed by atoms with Gasteiger partial charge in [0.1, 0.15) is 5.54 Å². The first kappa shape index (κ1) is 21.3. The number of amides is 1. The summed E-state index contributed by atoms with van der Waals surface area (Å²) < 4.78 is 0. The van der Waals surface area contributed by atoms with E-state index in [1.807, 2.05) is 29.8 Å². The Morgan fingerprint density at radius 1 is 1.23 bits per heavy atom. The van der Waals surface area contributed by atoms with Crippen molar-refractivity contribution < 1.29 is 9.59 Å². The van der Waals surface area contributed by atoms with Gasteiger partial charge in [-0.3, -0.25) is 14.5 Å². The predicted octanol–water partition coefficient (Wildman–Crippen LogP) is 3.42. The summed E-state index contributed by atoms with van der Waals surface area (Å²) in [6.07, 6.45) is 4.69. The molecule has 6 nitrogen and oxygen atoms in total. The van der Waals surface area contributed by atoms with Crippen LogP contribution in [0.2, 0.25) is 5.02 Å². The van der Waals surface area contributed by atoms with Crippen LogP contribution >= 0.6 is 22.9 Å². The fourth-order valence-electron chi connectivity index (χ4n) is 4.61. The van der Waals surface area contributed by atoms with E-state index < -0.39 is 5.54 Å². The van der Waals surface area contributed by atoms with Gasteiger partial charge in [-0.15, -0.1) is 11.3 Å². The third kappa shape index (κ3) is 3.98. The van der Waals surface area contributed by atoms with E-state index in [4.69, 9.17) is 11.6 Å². The molecule has 0 bridgehead atoms. The quantitative estimate of drug-likeness (QED) is 0.704. The second-order valence-electron chi connectivity index (χ2n) is 8.00. The molecule has 0 radical (unpaired) electrons. The van der Waals surface area contributed by atoms with E-state index >= 15 is 0 Å². The van der Waals surface area contributed by atoms with Crippen molar-refractivity contribution in [3.63, 3.8) is 0 Å². The Labute approximate surface area is 186 Å². The van der Waals surface area contributed by atoms with Gasteiger partial charge in [0.25, 0.3) is 0 Å². The average molecular weight is 447 g/mol.